The molecule has 2 unspecified atom stereocenters. The molecule has 5 rings (SSSR count). The van der Waals surface area contributed by atoms with Gasteiger partial charge in [-0.3, -0.25) is 25.4 Å². The Kier molecular flexibility index (Phi) is 23.0. The number of ketones is 1. The predicted octanol–water partition coefficient (Wildman–Crippen LogP) is 12.0. The van der Waals surface area contributed by atoms with E-state index in [4.69, 9.17) is 25.3 Å². The molecular weight excluding hydrogens is 784 g/mol. The van der Waals surface area contributed by atoms with E-state index >= 15 is 0 Å². The summed E-state index contributed by atoms with van der Waals surface area (Å²) in [5, 5.41) is 7.77. The number of hydrazine groups is 1. The fourth-order valence-corrected chi connectivity index (χ4v) is 9.11. The van der Waals surface area contributed by atoms with Gasteiger partial charge in [0.2, 0.25) is 0 Å². The van der Waals surface area contributed by atoms with E-state index in [2.05, 4.69) is 99.3 Å². The molecule has 340 valence electrons. The summed E-state index contributed by atoms with van der Waals surface area (Å²) in [4.78, 5) is 23.5. The minimum absolute atomic E-state index is 0.0228. The molecule has 0 amide bonds. The number of thiazole rings is 1. The maximum atomic E-state index is 13.0. The first kappa shape index (κ1) is 52.0. The van der Waals surface area contributed by atoms with Crippen LogP contribution < -0.4 is 16.6 Å². The highest BCUT2D eigenvalue weighted by molar-refractivity contribution is 7.10. The lowest BCUT2D eigenvalue weighted by molar-refractivity contribution is -0.122. The van der Waals surface area contributed by atoms with Crippen LogP contribution in [0.25, 0.3) is 33.4 Å². The van der Waals surface area contributed by atoms with E-state index < -0.39 is 0 Å². The molecule has 1 saturated heterocycles. The van der Waals surface area contributed by atoms with Crippen LogP contribution in [0.1, 0.15) is 160 Å². The van der Waals surface area contributed by atoms with Crippen LogP contribution in [-0.2, 0) is 27.2 Å². The van der Waals surface area contributed by atoms with E-state index in [0.29, 0.717) is 51.6 Å². The second kappa shape index (κ2) is 27.0. The van der Waals surface area contributed by atoms with Gasteiger partial charge in [0, 0.05) is 66.1 Å². The molecule has 4 heterocycles. The first-order valence-corrected chi connectivity index (χ1v) is 23.9. The van der Waals surface area contributed by atoms with Gasteiger partial charge < -0.3 is 19.4 Å². The van der Waals surface area contributed by atoms with Gasteiger partial charge in [-0.05, 0) is 132 Å². The quantitative estimate of drug-likeness (QED) is 0.0276. The molecule has 0 spiro atoms. The molecule has 0 saturated carbocycles. The average Bonchev–Trinajstić information content (AvgIpc) is 3.88. The van der Waals surface area contributed by atoms with E-state index in [9.17, 15) is 9.18 Å². The van der Waals surface area contributed by atoms with Crippen LogP contribution in [-0.4, -0.2) is 66.4 Å². The number of Topliss-reactive ketones (excluding diaryl/α,β-unsaturated/α-hetero) is 1. The number of nitrogens with two attached hydrogens (primary N) is 1. The van der Waals surface area contributed by atoms with E-state index in [1.54, 1.807) is 11.3 Å². The normalized spacial score (nSPS) is 14.3. The smallest absolute Gasteiger partial charge is 0.135 e. The number of hydrogen-bond donors (Lipinski definition) is 3. The molecule has 3 aromatic heterocycles. The molecule has 4 N–H and O–H groups in total. The Morgan fingerprint density at radius 2 is 1.87 bits per heavy atom. The zero-order valence-electron chi connectivity index (χ0n) is 39.3. The summed E-state index contributed by atoms with van der Waals surface area (Å²) in [6.45, 7) is 28.3. The molecule has 9 nitrogen and oxygen atoms in total. The number of carbonyl (C=O) groups is 1. The number of halogens is 1. The van der Waals surface area contributed by atoms with Crippen LogP contribution in [0, 0.1) is 5.41 Å². The Labute approximate surface area is 371 Å². The minimum atomic E-state index is -0.355. The number of nitrogens with one attached hydrogen (secondary N) is 2. The van der Waals surface area contributed by atoms with E-state index in [-0.39, 0.29) is 23.4 Å². The Morgan fingerprint density at radius 3 is 2.52 bits per heavy atom. The highest BCUT2D eigenvalue weighted by Crippen LogP contribution is 2.44. The van der Waals surface area contributed by atoms with Crippen molar-refractivity contribution in [2.75, 3.05) is 40.0 Å². The first-order chi connectivity index (χ1) is 29.5. The van der Waals surface area contributed by atoms with Crippen molar-refractivity contribution in [3.05, 3.63) is 70.3 Å². The molecule has 0 radical (unpaired) electrons. The summed E-state index contributed by atoms with van der Waals surface area (Å²) < 4.78 is 24.4. The van der Waals surface area contributed by atoms with Gasteiger partial charge in [-0.1, -0.05) is 53.7 Å². The van der Waals surface area contributed by atoms with Crippen LogP contribution in [0.5, 0.6) is 0 Å². The maximum Gasteiger partial charge on any atom is 0.135 e. The molecule has 0 aliphatic carbocycles. The van der Waals surface area contributed by atoms with E-state index in [0.717, 1.165) is 87.3 Å². The Morgan fingerprint density at radius 1 is 1.13 bits per heavy atom. The van der Waals surface area contributed by atoms with Crippen molar-refractivity contribution in [3.63, 3.8) is 0 Å². The molecule has 11 heteroatoms. The Hall–Kier alpha value is -3.32. The van der Waals surface area contributed by atoms with Crippen LogP contribution in [0.3, 0.4) is 0 Å². The lowest BCUT2D eigenvalue weighted by atomic mass is 9.79. The summed E-state index contributed by atoms with van der Waals surface area (Å²) in [6, 6.07) is 9.35. The lowest BCUT2D eigenvalue weighted by Crippen LogP contribution is -2.26. The van der Waals surface area contributed by atoms with Crippen LogP contribution >= 0.6 is 11.3 Å². The first-order valence-electron chi connectivity index (χ1n) is 23.0. The molecule has 61 heavy (non-hydrogen) atoms. The predicted molar refractivity (Wildman–Crippen MR) is 256 cm³/mol. The number of piperidine rings is 1. The maximum absolute atomic E-state index is 13.0. The fraction of sp³-hybridized carbons (Fsp3) is 0.620. The number of allylic oxidation sites excluding steroid dienone is 1. The topological polar surface area (TPSA) is 116 Å². The number of hydrogen-bond acceptors (Lipinski definition) is 9. The SMILES string of the molecule is C=CCCC(C)(C)Cc1c(-c2cc(C3CCNCC3)cnc2C(C)CC)n(CCOC(C)C)c2ccc(-c3csc(C(CC(=O)CCCCNN)OCC)n3)cc12.CC.CF. The molecule has 2 atom stereocenters. The lowest BCUT2D eigenvalue weighted by Gasteiger charge is -2.27. The molecular formula is C50H79FN6O3S. The van der Waals surface area contributed by atoms with Gasteiger partial charge in [-0.2, -0.15) is 0 Å². The number of alkyl halides is 1. The number of nitrogens with zero attached hydrogens (tertiary/aromatic N) is 3. The highest BCUT2D eigenvalue weighted by atomic mass is 32.1. The van der Waals surface area contributed by atoms with Gasteiger partial charge in [-0.15, -0.1) is 17.9 Å². The third-order valence-electron chi connectivity index (χ3n) is 11.6. The number of fused-ring (bicyclic) bond motifs is 1. The van der Waals surface area contributed by atoms with Crippen LogP contribution in [0.2, 0.25) is 0 Å². The van der Waals surface area contributed by atoms with Crippen molar-refractivity contribution in [1.29, 1.82) is 0 Å². The monoisotopic (exact) mass is 863 g/mol. The number of unbranched alkanes of at least 4 members (excludes halogenated alkanes) is 1. The summed E-state index contributed by atoms with van der Waals surface area (Å²) in [5.41, 5.74) is 12.3. The van der Waals surface area contributed by atoms with Gasteiger partial charge in [-0.25, -0.2) is 4.98 Å². The second-order valence-corrected chi connectivity index (χ2v) is 17.9. The van der Waals surface area contributed by atoms with Gasteiger partial charge in [0.25, 0.3) is 0 Å². The largest absolute Gasteiger partial charge is 0.377 e. The van der Waals surface area contributed by atoms with Gasteiger partial charge >= 0.3 is 0 Å². The zero-order chi connectivity index (χ0) is 45.0. The minimum Gasteiger partial charge on any atom is -0.377 e. The number of carbonyl (C=O) groups excluding carboxylic acids is 1. The number of pyridine rings is 1. The van der Waals surface area contributed by atoms with E-state index in [1.807, 2.05) is 26.8 Å². The van der Waals surface area contributed by atoms with Crippen molar-refractivity contribution in [2.24, 2.45) is 11.3 Å². The number of rotatable bonds is 24. The molecule has 1 aliphatic rings. The van der Waals surface area contributed by atoms with Gasteiger partial charge in [0.1, 0.15) is 16.9 Å². The van der Waals surface area contributed by atoms with Crippen LogP contribution in [0.4, 0.5) is 4.39 Å². The molecule has 1 aromatic carbocycles. The zero-order valence-corrected chi connectivity index (χ0v) is 40.1. The standard InChI is InChI=1S/C47H70N6O3S.C2H6.CH3F/c1-9-12-20-47(7,8)29-40-38-26-35(41-31-57-46(52-41)43(55-11-3)28-37(54)15-13-14-21-51-48)16-17-42(38)53(24-25-56-32(4)5)45(40)39-27-36(34-18-22-49-23-19-34)30-50-44(39)33(6)10-2;2*1-2/h9,16-17,26-27,30-34,43,49,51H,1,10-15,18-25,28-29,48H2,2-8H3;1-2H3;1H3. The Balaban J connectivity index is 0.00000241. The summed E-state index contributed by atoms with van der Waals surface area (Å²) >= 11 is 1.58. The van der Waals surface area contributed by atoms with Gasteiger partial charge in [0.05, 0.1) is 37.0 Å². The molecule has 0 bridgehead atoms. The number of ether oxygens (including phenoxy) is 2. The van der Waals surface area contributed by atoms with Crippen molar-refractivity contribution in [3.8, 4) is 22.5 Å². The average molecular weight is 863 g/mol. The second-order valence-electron chi connectivity index (χ2n) is 17.0. The third-order valence-corrected chi connectivity index (χ3v) is 12.5. The van der Waals surface area contributed by atoms with Crippen molar-refractivity contribution in [2.45, 2.75) is 157 Å². The summed E-state index contributed by atoms with van der Waals surface area (Å²) in [5.74, 6) is 6.41. The summed E-state index contributed by atoms with van der Waals surface area (Å²) in [6.07, 6.45) is 12.7. The van der Waals surface area contributed by atoms with E-state index in [1.165, 1.54) is 39.0 Å². The van der Waals surface area contributed by atoms with Crippen molar-refractivity contribution >= 4 is 28.0 Å². The molecule has 1 aliphatic heterocycles. The molecule has 1 fully saturated rings. The van der Waals surface area contributed by atoms with Crippen LogP contribution in [0.15, 0.2) is 48.5 Å². The third kappa shape index (κ3) is 14.9. The van der Waals surface area contributed by atoms with Crippen molar-refractivity contribution < 1.29 is 18.7 Å². The van der Waals surface area contributed by atoms with Crippen molar-refractivity contribution in [1.82, 2.24) is 25.3 Å². The fourth-order valence-electron chi connectivity index (χ4n) is 8.23. The highest BCUT2D eigenvalue weighted by Gasteiger charge is 2.30. The Bertz CT molecular complexity index is 1900. The number of benzene rings is 1. The number of aromatic nitrogens is 3. The van der Waals surface area contributed by atoms with Gasteiger partial charge in [0.15, 0.2) is 0 Å². The molecule has 4 aromatic rings. The summed E-state index contributed by atoms with van der Waals surface area (Å²) in [7, 11) is 0.500.